The van der Waals surface area contributed by atoms with E-state index in [0.29, 0.717) is 6.04 Å². The van der Waals surface area contributed by atoms with Crippen LogP contribution in [-0.2, 0) is 25.8 Å². The summed E-state index contributed by atoms with van der Waals surface area (Å²) in [5, 5.41) is 0. The molecule has 1 atom stereocenters. The molecule has 2 aliphatic rings. The smallest absolute Gasteiger partial charge is 0.129 e. The maximum atomic E-state index is 6.04. The van der Waals surface area contributed by atoms with Crippen molar-refractivity contribution < 1.29 is 4.74 Å². The van der Waals surface area contributed by atoms with Gasteiger partial charge in [0.1, 0.15) is 5.75 Å². The summed E-state index contributed by atoms with van der Waals surface area (Å²) >= 11 is 0. The lowest BCUT2D eigenvalue weighted by Gasteiger charge is -2.38. The maximum Gasteiger partial charge on any atom is 0.129 e. The maximum absolute atomic E-state index is 6.04. The lowest BCUT2D eigenvalue weighted by molar-refractivity contribution is 0.155. The molecule has 0 saturated heterocycles. The Kier molecular flexibility index (Phi) is 6.25. The fourth-order valence-electron chi connectivity index (χ4n) is 5.85. The molecule has 2 aromatic carbocycles. The molecule has 3 aromatic rings. The summed E-state index contributed by atoms with van der Waals surface area (Å²) in [6, 6.07) is 16.2. The van der Waals surface area contributed by atoms with E-state index >= 15 is 0 Å². The number of aromatic nitrogens is 1. The third kappa shape index (κ3) is 4.08. The molecule has 1 unspecified atom stereocenters. The van der Waals surface area contributed by atoms with Gasteiger partial charge in [-0.3, -0.25) is 9.88 Å². The zero-order valence-electron chi connectivity index (χ0n) is 20.5. The molecule has 172 valence electrons. The van der Waals surface area contributed by atoms with Gasteiger partial charge < -0.3 is 4.74 Å². The van der Waals surface area contributed by atoms with E-state index in [1.807, 2.05) is 7.11 Å². The Bertz CT molecular complexity index is 1130. The molecule has 1 aromatic heterocycles. The van der Waals surface area contributed by atoms with E-state index < -0.39 is 0 Å². The van der Waals surface area contributed by atoms with Crippen molar-refractivity contribution in [2.75, 3.05) is 13.7 Å². The van der Waals surface area contributed by atoms with Crippen LogP contribution >= 0.6 is 0 Å². The standard InChI is InChI=1S/C30H36N2O/c1-5-21-11-9-12-22(6-2)27(21)28-20(3)30(33-4)25(18-31-28)19-32-17-16-23-10-7-8-13-26(23)29(32)24-14-15-24/h7-13,18,24,29H,5-6,14-17,19H2,1-4H3. The highest BCUT2D eigenvalue weighted by Gasteiger charge is 2.39. The highest BCUT2D eigenvalue weighted by Crippen LogP contribution is 2.48. The Morgan fingerprint density at radius 3 is 2.36 bits per heavy atom. The van der Waals surface area contributed by atoms with Crippen molar-refractivity contribution in [2.24, 2.45) is 5.92 Å². The summed E-state index contributed by atoms with van der Waals surface area (Å²) in [4.78, 5) is 7.74. The van der Waals surface area contributed by atoms with Gasteiger partial charge in [-0.2, -0.15) is 0 Å². The molecule has 0 spiro atoms. The van der Waals surface area contributed by atoms with Crippen LogP contribution in [0.4, 0.5) is 0 Å². The first-order valence-corrected chi connectivity index (χ1v) is 12.6. The number of methoxy groups -OCH3 is 1. The lowest BCUT2D eigenvalue weighted by atomic mass is 9.89. The number of fused-ring (bicyclic) bond motifs is 1. The summed E-state index contributed by atoms with van der Waals surface area (Å²) in [5.41, 5.74) is 10.5. The van der Waals surface area contributed by atoms with Crippen LogP contribution in [0.1, 0.15) is 66.1 Å². The monoisotopic (exact) mass is 440 g/mol. The fourth-order valence-corrected chi connectivity index (χ4v) is 5.85. The van der Waals surface area contributed by atoms with Crippen molar-refractivity contribution in [3.05, 3.63) is 82.0 Å². The summed E-state index contributed by atoms with van der Waals surface area (Å²) in [6.45, 7) is 8.63. The van der Waals surface area contributed by atoms with E-state index in [1.165, 1.54) is 46.2 Å². The van der Waals surface area contributed by atoms with E-state index in [-0.39, 0.29) is 0 Å². The van der Waals surface area contributed by atoms with E-state index in [0.717, 1.165) is 55.3 Å². The molecule has 2 heterocycles. The van der Waals surface area contributed by atoms with Crippen LogP contribution in [0.3, 0.4) is 0 Å². The molecule has 1 fully saturated rings. The number of hydrogen-bond donors (Lipinski definition) is 0. The van der Waals surface area contributed by atoms with E-state index in [2.05, 4.69) is 74.3 Å². The number of ether oxygens (including phenoxy) is 1. The number of nitrogens with zero attached hydrogens (tertiary/aromatic N) is 2. The SMILES string of the molecule is CCc1cccc(CC)c1-c1ncc(CN2CCc3ccccc3C2C2CC2)c(OC)c1C. The van der Waals surface area contributed by atoms with Gasteiger partial charge in [0, 0.05) is 42.0 Å². The molecule has 0 N–H and O–H groups in total. The summed E-state index contributed by atoms with van der Waals surface area (Å²) < 4.78 is 6.04. The Balaban J connectivity index is 1.52. The van der Waals surface area contributed by atoms with Gasteiger partial charge in [0.2, 0.25) is 0 Å². The van der Waals surface area contributed by atoms with Gasteiger partial charge in [-0.25, -0.2) is 0 Å². The Morgan fingerprint density at radius 2 is 1.70 bits per heavy atom. The Labute approximate surface area is 198 Å². The number of hydrogen-bond acceptors (Lipinski definition) is 3. The second-order valence-corrected chi connectivity index (χ2v) is 9.65. The predicted molar refractivity (Wildman–Crippen MR) is 136 cm³/mol. The number of rotatable bonds is 7. The van der Waals surface area contributed by atoms with Crippen molar-refractivity contribution in [1.29, 1.82) is 0 Å². The minimum Gasteiger partial charge on any atom is -0.496 e. The second kappa shape index (κ2) is 9.30. The summed E-state index contributed by atoms with van der Waals surface area (Å²) in [6.07, 6.45) is 7.90. The molecule has 3 heteroatoms. The first-order chi connectivity index (χ1) is 16.2. The molecule has 0 bridgehead atoms. The normalized spacial score (nSPS) is 18.2. The minimum atomic E-state index is 0.521. The van der Waals surface area contributed by atoms with Gasteiger partial charge in [0.25, 0.3) is 0 Å². The van der Waals surface area contributed by atoms with E-state index in [1.54, 1.807) is 0 Å². The lowest BCUT2D eigenvalue weighted by Crippen LogP contribution is -2.36. The first-order valence-electron chi connectivity index (χ1n) is 12.6. The number of benzene rings is 2. The van der Waals surface area contributed by atoms with E-state index in [9.17, 15) is 0 Å². The third-order valence-electron chi connectivity index (χ3n) is 7.65. The molecule has 5 rings (SSSR count). The van der Waals surface area contributed by atoms with Crippen LogP contribution in [0, 0.1) is 12.8 Å². The van der Waals surface area contributed by atoms with Gasteiger partial charge in [-0.15, -0.1) is 0 Å². The predicted octanol–water partition coefficient (Wildman–Crippen LogP) is 6.70. The van der Waals surface area contributed by atoms with E-state index in [4.69, 9.17) is 9.72 Å². The van der Waals surface area contributed by atoms with Crippen LogP contribution in [0.5, 0.6) is 5.75 Å². The fraction of sp³-hybridized carbons (Fsp3) is 0.433. The van der Waals surface area contributed by atoms with Gasteiger partial charge in [-0.1, -0.05) is 56.3 Å². The van der Waals surface area contributed by atoms with Crippen LogP contribution < -0.4 is 4.74 Å². The molecule has 1 saturated carbocycles. The van der Waals surface area contributed by atoms with Gasteiger partial charge >= 0.3 is 0 Å². The zero-order chi connectivity index (χ0) is 22.9. The molecule has 0 radical (unpaired) electrons. The molecule has 33 heavy (non-hydrogen) atoms. The average molecular weight is 441 g/mol. The third-order valence-corrected chi connectivity index (χ3v) is 7.65. The van der Waals surface area contributed by atoms with Crippen molar-refractivity contribution in [3.8, 4) is 17.0 Å². The molecule has 0 amide bonds. The van der Waals surface area contributed by atoms with Crippen LogP contribution in [0.2, 0.25) is 0 Å². The van der Waals surface area contributed by atoms with Crippen molar-refractivity contribution in [3.63, 3.8) is 0 Å². The quantitative estimate of drug-likeness (QED) is 0.409. The molecular formula is C30H36N2O. The van der Waals surface area contributed by atoms with Crippen molar-refractivity contribution in [1.82, 2.24) is 9.88 Å². The topological polar surface area (TPSA) is 25.4 Å². The number of aryl methyl sites for hydroxylation is 2. The van der Waals surface area contributed by atoms with Gasteiger partial charge in [-0.05, 0) is 67.2 Å². The molecule has 3 nitrogen and oxygen atoms in total. The molecule has 1 aliphatic heterocycles. The van der Waals surface area contributed by atoms with Gasteiger partial charge in [0.05, 0.1) is 12.8 Å². The van der Waals surface area contributed by atoms with Crippen molar-refractivity contribution in [2.45, 2.75) is 65.5 Å². The Morgan fingerprint density at radius 1 is 0.970 bits per heavy atom. The summed E-state index contributed by atoms with van der Waals surface area (Å²) in [5.74, 6) is 1.79. The van der Waals surface area contributed by atoms with Crippen LogP contribution in [-0.4, -0.2) is 23.5 Å². The number of pyridine rings is 1. The zero-order valence-corrected chi connectivity index (χ0v) is 20.5. The van der Waals surface area contributed by atoms with Crippen molar-refractivity contribution >= 4 is 0 Å². The first kappa shape index (κ1) is 22.2. The summed E-state index contributed by atoms with van der Waals surface area (Å²) in [7, 11) is 1.81. The Hall–Kier alpha value is -2.65. The molecule has 1 aliphatic carbocycles. The molecular weight excluding hydrogens is 404 g/mol. The average Bonchev–Trinajstić information content (AvgIpc) is 3.69. The van der Waals surface area contributed by atoms with Crippen LogP contribution in [0.25, 0.3) is 11.3 Å². The largest absolute Gasteiger partial charge is 0.496 e. The minimum absolute atomic E-state index is 0.521. The van der Waals surface area contributed by atoms with Gasteiger partial charge in [0.15, 0.2) is 0 Å². The second-order valence-electron chi connectivity index (χ2n) is 9.65. The highest BCUT2D eigenvalue weighted by molar-refractivity contribution is 5.73. The van der Waals surface area contributed by atoms with Crippen LogP contribution in [0.15, 0.2) is 48.7 Å². The highest BCUT2D eigenvalue weighted by atomic mass is 16.5.